The summed E-state index contributed by atoms with van der Waals surface area (Å²) in [6.07, 6.45) is 1.44. The van der Waals surface area contributed by atoms with Gasteiger partial charge in [-0.15, -0.1) is 12.4 Å². The highest BCUT2D eigenvalue weighted by molar-refractivity contribution is 7.89. The summed E-state index contributed by atoms with van der Waals surface area (Å²) in [7, 11) is -3.84. The van der Waals surface area contributed by atoms with Crippen LogP contribution in [0, 0.1) is 12.7 Å². The molecule has 1 aromatic carbocycles. The largest absolute Gasteiger partial charge is 0.336 e. The van der Waals surface area contributed by atoms with Crippen LogP contribution in [0.25, 0.3) is 0 Å². The van der Waals surface area contributed by atoms with E-state index in [0.717, 1.165) is 12.5 Å². The predicted octanol–water partition coefficient (Wildman–Crippen LogP) is 1.79. The van der Waals surface area contributed by atoms with Gasteiger partial charge in [-0.1, -0.05) is 11.6 Å². The summed E-state index contributed by atoms with van der Waals surface area (Å²) < 4.78 is 40.9. The van der Waals surface area contributed by atoms with Gasteiger partial charge < -0.3 is 10.2 Å². The highest BCUT2D eigenvalue weighted by Gasteiger charge is 2.36. The molecule has 10 heteroatoms. The predicted molar refractivity (Wildman–Crippen MR) is 99.8 cm³/mol. The molecule has 0 aliphatic carbocycles. The number of nitrogens with zero attached hydrogens (tertiary/aromatic N) is 2. The van der Waals surface area contributed by atoms with Crippen molar-refractivity contribution in [2.75, 3.05) is 32.7 Å². The first-order valence-corrected chi connectivity index (χ1v) is 10.1. The van der Waals surface area contributed by atoms with Crippen LogP contribution in [0.4, 0.5) is 4.39 Å². The van der Waals surface area contributed by atoms with Crippen molar-refractivity contribution in [1.29, 1.82) is 0 Å². The second-order valence-corrected chi connectivity index (χ2v) is 8.77. The van der Waals surface area contributed by atoms with Gasteiger partial charge in [0.1, 0.15) is 10.7 Å². The molecule has 0 spiro atoms. The van der Waals surface area contributed by atoms with Gasteiger partial charge in [0, 0.05) is 32.2 Å². The third kappa shape index (κ3) is 4.14. The molecule has 2 saturated heterocycles. The number of benzene rings is 1. The van der Waals surface area contributed by atoms with Gasteiger partial charge >= 0.3 is 0 Å². The Morgan fingerprint density at radius 3 is 2.73 bits per heavy atom. The Morgan fingerprint density at radius 1 is 1.31 bits per heavy atom. The number of halogens is 3. The van der Waals surface area contributed by atoms with E-state index >= 15 is 0 Å². The van der Waals surface area contributed by atoms with Crippen LogP contribution in [0.15, 0.2) is 17.0 Å². The van der Waals surface area contributed by atoms with Crippen LogP contribution in [0.3, 0.4) is 0 Å². The molecule has 1 aromatic rings. The molecule has 2 aliphatic heterocycles. The Kier molecular flexibility index (Phi) is 6.90. The van der Waals surface area contributed by atoms with E-state index in [1.54, 1.807) is 4.90 Å². The number of sulfonamides is 1. The second-order valence-electron chi connectivity index (χ2n) is 6.45. The number of amides is 1. The van der Waals surface area contributed by atoms with Crippen LogP contribution in [0.5, 0.6) is 0 Å². The van der Waals surface area contributed by atoms with Crippen molar-refractivity contribution in [3.05, 3.63) is 28.5 Å². The molecular weight excluding hydrogens is 404 g/mol. The number of aryl methyl sites for hydroxylation is 1. The van der Waals surface area contributed by atoms with Gasteiger partial charge in [0.15, 0.2) is 0 Å². The van der Waals surface area contributed by atoms with E-state index in [-0.39, 0.29) is 52.9 Å². The number of carbonyl (C=O) groups is 1. The van der Waals surface area contributed by atoms with Crippen LogP contribution in [-0.2, 0) is 14.8 Å². The number of carbonyl (C=O) groups excluding carboxylic acids is 1. The highest BCUT2D eigenvalue weighted by atomic mass is 35.5. The lowest BCUT2D eigenvalue weighted by Gasteiger charge is -2.40. The maximum Gasteiger partial charge on any atom is 0.244 e. The highest BCUT2D eigenvalue weighted by Crippen LogP contribution is 2.30. The molecule has 2 aliphatic rings. The van der Waals surface area contributed by atoms with E-state index in [9.17, 15) is 17.6 Å². The van der Waals surface area contributed by atoms with Gasteiger partial charge in [0.2, 0.25) is 15.9 Å². The molecule has 2 heterocycles. The van der Waals surface area contributed by atoms with Crippen LogP contribution in [-0.4, -0.2) is 62.3 Å². The topological polar surface area (TPSA) is 69.7 Å². The molecule has 146 valence electrons. The zero-order valence-corrected chi connectivity index (χ0v) is 16.8. The number of rotatable bonds is 3. The first-order chi connectivity index (χ1) is 11.8. The van der Waals surface area contributed by atoms with Crippen molar-refractivity contribution in [3.63, 3.8) is 0 Å². The van der Waals surface area contributed by atoms with Crippen molar-refractivity contribution in [2.24, 2.45) is 0 Å². The van der Waals surface area contributed by atoms with Crippen molar-refractivity contribution >= 4 is 39.9 Å². The Bertz CT molecular complexity index is 791. The zero-order valence-electron chi connectivity index (χ0n) is 14.4. The van der Waals surface area contributed by atoms with Gasteiger partial charge in [-0.3, -0.25) is 4.79 Å². The van der Waals surface area contributed by atoms with Gasteiger partial charge in [-0.2, -0.15) is 4.31 Å². The summed E-state index contributed by atoms with van der Waals surface area (Å²) in [5.41, 5.74) is 0.230. The lowest BCUT2D eigenvalue weighted by Crippen LogP contribution is -2.57. The summed E-state index contributed by atoms with van der Waals surface area (Å²) in [5, 5.41) is 2.89. The molecule has 0 radical (unpaired) electrons. The molecule has 0 aromatic heterocycles. The normalized spacial score (nSPS) is 22.2. The van der Waals surface area contributed by atoms with E-state index in [1.807, 2.05) is 0 Å². The molecule has 2 fully saturated rings. The smallest absolute Gasteiger partial charge is 0.244 e. The summed E-state index contributed by atoms with van der Waals surface area (Å²) in [4.78, 5) is 13.8. The Hall–Kier alpha value is -0.930. The van der Waals surface area contributed by atoms with Crippen molar-refractivity contribution in [2.45, 2.75) is 30.7 Å². The number of nitrogens with one attached hydrogen (secondary N) is 1. The van der Waals surface area contributed by atoms with Crippen LogP contribution in [0.2, 0.25) is 5.02 Å². The summed E-state index contributed by atoms with van der Waals surface area (Å²) in [6, 6.07) is 2.16. The molecular formula is C16H22Cl2FN3O3S. The fourth-order valence-electron chi connectivity index (χ4n) is 3.37. The Balaban J connectivity index is 0.00000243. The Labute approximate surface area is 164 Å². The number of piperidine rings is 1. The molecule has 1 atom stereocenters. The van der Waals surface area contributed by atoms with E-state index in [0.29, 0.717) is 26.1 Å². The second kappa shape index (κ2) is 8.39. The number of hydrogen-bond acceptors (Lipinski definition) is 4. The monoisotopic (exact) mass is 425 g/mol. The zero-order chi connectivity index (χ0) is 18.2. The molecule has 0 saturated carbocycles. The minimum absolute atomic E-state index is 0. The third-order valence-electron chi connectivity index (χ3n) is 4.76. The SMILES string of the molecule is Cc1cc(S(=O)(=O)N2CCCC(N3CCNCC3=O)C2)c(Cl)cc1F.Cl. The maximum atomic E-state index is 13.6. The first-order valence-electron chi connectivity index (χ1n) is 8.26. The molecule has 1 unspecified atom stereocenters. The third-order valence-corrected chi connectivity index (χ3v) is 7.09. The van der Waals surface area contributed by atoms with Gasteiger partial charge in [-0.05, 0) is 37.5 Å². The number of piperazine rings is 1. The van der Waals surface area contributed by atoms with Crippen molar-refractivity contribution in [3.8, 4) is 0 Å². The van der Waals surface area contributed by atoms with Crippen LogP contribution in [0.1, 0.15) is 18.4 Å². The fourth-order valence-corrected chi connectivity index (χ4v) is 5.46. The van der Waals surface area contributed by atoms with E-state index < -0.39 is 15.8 Å². The molecule has 26 heavy (non-hydrogen) atoms. The maximum absolute atomic E-state index is 13.6. The molecule has 1 N–H and O–H groups in total. The lowest BCUT2D eigenvalue weighted by molar-refractivity contribution is -0.135. The molecule has 6 nitrogen and oxygen atoms in total. The van der Waals surface area contributed by atoms with Gasteiger partial charge in [0.25, 0.3) is 0 Å². The summed E-state index contributed by atoms with van der Waals surface area (Å²) >= 11 is 5.99. The summed E-state index contributed by atoms with van der Waals surface area (Å²) in [5.74, 6) is -0.543. The fraction of sp³-hybridized carbons (Fsp3) is 0.562. The lowest BCUT2D eigenvalue weighted by atomic mass is 10.1. The van der Waals surface area contributed by atoms with Gasteiger partial charge in [0.05, 0.1) is 11.6 Å². The quantitative estimate of drug-likeness (QED) is 0.801. The summed E-state index contributed by atoms with van der Waals surface area (Å²) in [6.45, 7) is 3.67. The van der Waals surface area contributed by atoms with Gasteiger partial charge in [-0.25, -0.2) is 12.8 Å². The first kappa shape index (κ1) is 21.4. The molecule has 3 rings (SSSR count). The van der Waals surface area contributed by atoms with Crippen LogP contribution >= 0.6 is 24.0 Å². The van der Waals surface area contributed by atoms with E-state index in [4.69, 9.17) is 11.6 Å². The van der Waals surface area contributed by atoms with E-state index in [1.165, 1.54) is 17.3 Å². The standard InChI is InChI=1S/C16H21ClFN3O3S.ClH/c1-11-7-15(13(17)8-14(11)18)25(23,24)20-5-2-3-12(10-20)21-6-4-19-9-16(21)22;/h7-8,12,19H,2-6,9-10H2,1H3;1H. The average molecular weight is 426 g/mol. The molecule has 0 bridgehead atoms. The van der Waals surface area contributed by atoms with E-state index in [2.05, 4.69) is 5.32 Å². The minimum atomic E-state index is -3.84. The average Bonchev–Trinajstić information content (AvgIpc) is 2.58. The van der Waals surface area contributed by atoms with Crippen LogP contribution < -0.4 is 5.32 Å². The minimum Gasteiger partial charge on any atom is -0.336 e. The Morgan fingerprint density at radius 2 is 2.04 bits per heavy atom. The number of hydrogen-bond donors (Lipinski definition) is 1. The van der Waals surface area contributed by atoms with Crippen molar-refractivity contribution < 1.29 is 17.6 Å². The van der Waals surface area contributed by atoms with Crippen molar-refractivity contribution in [1.82, 2.24) is 14.5 Å². The molecule has 1 amide bonds.